The van der Waals surface area contributed by atoms with Crippen molar-refractivity contribution >= 4 is 22.7 Å². The van der Waals surface area contributed by atoms with E-state index in [0.29, 0.717) is 0 Å². The van der Waals surface area contributed by atoms with Gasteiger partial charge in [-0.05, 0) is 72.2 Å². The molecule has 0 spiro atoms. The van der Waals surface area contributed by atoms with Gasteiger partial charge in [0.1, 0.15) is 0 Å². The summed E-state index contributed by atoms with van der Waals surface area (Å²) in [6.45, 7) is 4.50. The van der Waals surface area contributed by atoms with Crippen LogP contribution in [0.2, 0.25) is 0 Å². The number of hydrogen-bond acceptors (Lipinski definition) is 2. The first-order valence-electron chi connectivity index (χ1n) is 11.2. The number of benzene rings is 2. The first-order chi connectivity index (χ1) is 14.8. The second kappa shape index (κ2) is 10.2. The van der Waals surface area contributed by atoms with Gasteiger partial charge in [-0.3, -0.25) is 0 Å². The molecule has 2 heterocycles. The first-order valence-corrected chi connectivity index (χ1v) is 12.8. The van der Waals surface area contributed by atoms with Crippen molar-refractivity contribution in [3.05, 3.63) is 83.9 Å². The van der Waals surface area contributed by atoms with Crippen LogP contribution in [0.3, 0.4) is 0 Å². The van der Waals surface area contributed by atoms with Crippen LogP contribution >= 0.6 is 22.7 Å². The van der Waals surface area contributed by atoms with E-state index in [1.165, 1.54) is 80.3 Å². The lowest BCUT2D eigenvalue weighted by Gasteiger charge is -2.02. The van der Waals surface area contributed by atoms with Crippen LogP contribution in [0, 0.1) is 0 Å². The SMILES string of the molecule is CCCCc1ccc(-c2ccc(-c3ccc(-c4ccc(CCCC)cc4)s3)s2)cc1. The van der Waals surface area contributed by atoms with Crippen LogP contribution in [0.4, 0.5) is 0 Å². The summed E-state index contributed by atoms with van der Waals surface area (Å²) in [5, 5.41) is 0. The third kappa shape index (κ3) is 5.11. The van der Waals surface area contributed by atoms with Crippen molar-refractivity contribution in [2.24, 2.45) is 0 Å². The average Bonchev–Trinajstić information content (AvgIpc) is 3.47. The maximum absolute atomic E-state index is 2.29. The molecule has 0 unspecified atom stereocenters. The molecule has 0 aliphatic carbocycles. The predicted octanol–water partition coefficient (Wildman–Crippen LogP) is 9.50. The fourth-order valence-corrected chi connectivity index (χ4v) is 5.80. The highest BCUT2D eigenvalue weighted by Gasteiger charge is 2.09. The van der Waals surface area contributed by atoms with Gasteiger partial charge < -0.3 is 0 Å². The number of thiophene rings is 2. The van der Waals surface area contributed by atoms with Crippen molar-refractivity contribution in [1.82, 2.24) is 0 Å². The minimum atomic E-state index is 1.18. The van der Waals surface area contributed by atoms with Crippen LogP contribution in [0.5, 0.6) is 0 Å². The molecule has 4 rings (SSSR count). The summed E-state index contributed by atoms with van der Waals surface area (Å²) in [6, 6.07) is 27.3. The van der Waals surface area contributed by atoms with Crippen molar-refractivity contribution in [2.75, 3.05) is 0 Å². The predicted molar refractivity (Wildman–Crippen MR) is 136 cm³/mol. The molecule has 154 valence electrons. The molecule has 0 amide bonds. The molecular weight excluding hydrogens is 400 g/mol. The Labute approximate surface area is 189 Å². The highest BCUT2D eigenvalue weighted by molar-refractivity contribution is 7.25. The van der Waals surface area contributed by atoms with E-state index in [9.17, 15) is 0 Å². The molecule has 30 heavy (non-hydrogen) atoms. The van der Waals surface area contributed by atoms with Gasteiger partial charge in [-0.2, -0.15) is 0 Å². The van der Waals surface area contributed by atoms with E-state index in [1.54, 1.807) is 0 Å². The van der Waals surface area contributed by atoms with Gasteiger partial charge in [0, 0.05) is 19.5 Å². The van der Waals surface area contributed by atoms with E-state index in [4.69, 9.17) is 0 Å². The van der Waals surface area contributed by atoms with Gasteiger partial charge in [0.25, 0.3) is 0 Å². The van der Waals surface area contributed by atoms with Gasteiger partial charge in [0.15, 0.2) is 0 Å². The van der Waals surface area contributed by atoms with Crippen molar-refractivity contribution < 1.29 is 0 Å². The highest BCUT2D eigenvalue weighted by atomic mass is 32.1. The molecule has 0 aliphatic heterocycles. The molecule has 0 radical (unpaired) electrons. The van der Waals surface area contributed by atoms with Gasteiger partial charge in [-0.1, -0.05) is 75.2 Å². The molecule has 2 aromatic heterocycles. The van der Waals surface area contributed by atoms with E-state index in [-0.39, 0.29) is 0 Å². The Bertz CT molecular complexity index is 961. The Morgan fingerprint density at radius 1 is 0.467 bits per heavy atom. The van der Waals surface area contributed by atoms with E-state index < -0.39 is 0 Å². The second-order valence-electron chi connectivity index (χ2n) is 7.93. The van der Waals surface area contributed by atoms with Crippen LogP contribution in [0.25, 0.3) is 30.6 Å². The summed E-state index contributed by atoms with van der Waals surface area (Å²) in [5.41, 5.74) is 5.54. The van der Waals surface area contributed by atoms with Crippen LogP contribution < -0.4 is 0 Å². The number of rotatable bonds is 9. The maximum Gasteiger partial charge on any atom is 0.0449 e. The molecule has 0 nitrogen and oxygen atoms in total. The third-order valence-electron chi connectivity index (χ3n) is 5.57. The van der Waals surface area contributed by atoms with Crippen LogP contribution in [0.15, 0.2) is 72.8 Å². The molecule has 0 aliphatic rings. The second-order valence-corrected chi connectivity index (χ2v) is 10.1. The van der Waals surface area contributed by atoms with Gasteiger partial charge in [-0.15, -0.1) is 22.7 Å². The zero-order valence-electron chi connectivity index (χ0n) is 18.0. The van der Waals surface area contributed by atoms with E-state index >= 15 is 0 Å². The standard InChI is InChI=1S/C28H30S2/c1-3-5-7-21-9-13-23(14-10-21)25-17-19-27(29-25)28-20-18-26(30-28)24-15-11-22(12-16-24)8-6-4-2/h9-20H,3-8H2,1-2H3. The smallest absolute Gasteiger partial charge is 0.0449 e. The minimum absolute atomic E-state index is 1.18. The van der Waals surface area contributed by atoms with Gasteiger partial charge in [-0.25, -0.2) is 0 Å². The molecule has 0 bridgehead atoms. The normalized spacial score (nSPS) is 11.1. The molecule has 0 saturated heterocycles. The Morgan fingerprint density at radius 3 is 1.20 bits per heavy atom. The van der Waals surface area contributed by atoms with Crippen LogP contribution in [-0.4, -0.2) is 0 Å². The van der Waals surface area contributed by atoms with E-state index in [1.807, 2.05) is 22.7 Å². The highest BCUT2D eigenvalue weighted by Crippen LogP contribution is 2.40. The van der Waals surface area contributed by atoms with Gasteiger partial charge >= 0.3 is 0 Å². The Kier molecular flexibility index (Phi) is 7.20. The molecule has 2 heteroatoms. The maximum atomic E-state index is 2.29. The van der Waals surface area contributed by atoms with Gasteiger partial charge in [0.05, 0.1) is 0 Å². The largest absolute Gasteiger partial charge is 0.134 e. The molecule has 0 N–H and O–H groups in total. The topological polar surface area (TPSA) is 0 Å². The molecule has 4 aromatic rings. The summed E-state index contributed by atoms with van der Waals surface area (Å²) >= 11 is 3.79. The van der Waals surface area contributed by atoms with Crippen molar-refractivity contribution in [1.29, 1.82) is 0 Å². The quantitative estimate of drug-likeness (QED) is 0.248. The number of unbranched alkanes of at least 4 members (excludes halogenated alkanes) is 2. The fourth-order valence-electron chi connectivity index (χ4n) is 3.68. The summed E-state index contributed by atoms with van der Waals surface area (Å²) < 4.78 is 0. The minimum Gasteiger partial charge on any atom is -0.134 e. The van der Waals surface area contributed by atoms with Gasteiger partial charge in [0.2, 0.25) is 0 Å². The fraction of sp³-hybridized carbons (Fsp3) is 0.286. The Morgan fingerprint density at radius 2 is 0.833 bits per heavy atom. The average molecular weight is 431 g/mol. The summed E-state index contributed by atoms with van der Waals surface area (Å²) in [6.07, 6.45) is 7.41. The number of aryl methyl sites for hydroxylation is 2. The van der Waals surface area contributed by atoms with E-state index in [0.717, 1.165) is 0 Å². The van der Waals surface area contributed by atoms with Crippen LogP contribution in [-0.2, 0) is 12.8 Å². The zero-order valence-corrected chi connectivity index (χ0v) is 19.6. The Balaban J connectivity index is 1.47. The number of hydrogen-bond donors (Lipinski definition) is 0. The van der Waals surface area contributed by atoms with Crippen molar-refractivity contribution in [2.45, 2.75) is 52.4 Å². The Hall–Kier alpha value is -2.16. The zero-order chi connectivity index (χ0) is 20.8. The lowest BCUT2D eigenvalue weighted by atomic mass is 10.1. The first kappa shape index (κ1) is 21.1. The third-order valence-corrected chi connectivity index (χ3v) is 8.03. The lowest BCUT2D eigenvalue weighted by Crippen LogP contribution is -1.83. The monoisotopic (exact) mass is 430 g/mol. The summed E-state index contributed by atoms with van der Waals surface area (Å²) in [5.74, 6) is 0. The summed E-state index contributed by atoms with van der Waals surface area (Å²) in [4.78, 5) is 5.41. The summed E-state index contributed by atoms with van der Waals surface area (Å²) in [7, 11) is 0. The molecule has 0 atom stereocenters. The van der Waals surface area contributed by atoms with E-state index in [2.05, 4.69) is 86.6 Å². The van der Waals surface area contributed by atoms with Crippen LogP contribution in [0.1, 0.15) is 50.7 Å². The lowest BCUT2D eigenvalue weighted by molar-refractivity contribution is 0.795. The van der Waals surface area contributed by atoms with Crippen molar-refractivity contribution in [3.63, 3.8) is 0 Å². The molecule has 0 saturated carbocycles. The molecule has 2 aromatic carbocycles. The molecule has 0 fully saturated rings. The van der Waals surface area contributed by atoms with Crippen molar-refractivity contribution in [3.8, 4) is 30.6 Å². The molecular formula is C28H30S2.